The summed E-state index contributed by atoms with van der Waals surface area (Å²) < 4.78 is 197. The zero-order chi connectivity index (χ0) is 38.0. The number of anilines is 2. The highest BCUT2D eigenvalue weighted by atomic mass is 79.9. The predicted molar refractivity (Wildman–Crippen MR) is 150 cm³/mol. The molecule has 3 aromatic carbocycles. The summed E-state index contributed by atoms with van der Waals surface area (Å²) in [5.41, 5.74) is -14.9. The Bertz CT molecular complexity index is 1690. The molecule has 0 heterocycles. The first kappa shape index (κ1) is 40.3. The first-order valence-corrected chi connectivity index (χ1v) is 14.2. The van der Waals surface area contributed by atoms with Crippen molar-refractivity contribution in [3.05, 3.63) is 87.1 Å². The second kappa shape index (κ2) is 14.6. The van der Waals surface area contributed by atoms with Crippen molar-refractivity contribution >= 4 is 39.1 Å². The van der Waals surface area contributed by atoms with Crippen LogP contribution in [-0.4, -0.2) is 50.3 Å². The molecule has 0 radical (unpaired) electrons. The molecule has 0 spiro atoms. The fraction of sp³-hybridized carbons (Fsp3) is 0.310. The zero-order valence-corrected chi connectivity index (χ0v) is 26.2. The quantitative estimate of drug-likeness (QED) is 0.164. The SMILES string of the molecule is CCOCCN(C(=O)c1ccc(OC(F)(F)F)cc1)c1cccc(C(=O)Nc2c(Br)cc(C(F)(C(F)(F)F)C(F)(F)F)cc2C(F)(F)F)c1F. The molecule has 0 bridgehead atoms. The van der Waals surface area contributed by atoms with Crippen molar-refractivity contribution in [3.8, 4) is 5.75 Å². The molecule has 274 valence electrons. The number of ether oxygens (including phenoxy) is 2. The van der Waals surface area contributed by atoms with Crippen molar-refractivity contribution in [2.75, 3.05) is 30.0 Å². The van der Waals surface area contributed by atoms with Gasteiger partial charge in [-0.2, -0.15) is 39.5 Å². The number of rotatable bonds is 10. The highest BCUT2D eigenvalue weighted by Gasteiger charge is 2.73. The van der Waals surface area contributed by atoms with Crippen molar-refractivity contribution in [1.29, 1.82) is 0 Å². The number of nitrogens with zero attached hydrogens (tertiary/aromatic N) is 1. The van der Waals surface area contributed by atoms with Crippen LogP contribution in [0.4, 0.5) is 72.8 Å². The molecule has 0 saturated carbocycles. The van der Waals surface area contributed by atoms with Gasteiger partial charge in [0.2, 0.25) is 0 Å². The van der Waals surface area contributed by atoms with Gasteiger partial charge in [0.05, 0.1) is 29.1 Å². The monoisotopic (exact) mass is 804 g/mol. The molecule has 1 N–H and O–H groups in total. The molecule has 0 unspecified atom stereocenters. The van der Waals surface area contributed by atoms with Crippen LogP contribution in [0.1, 0.15) is 38.8 Å². The van der Waals surface area contributed by atoms with E-state index < -0.39 is 99.1 Å². The first-order valence-electron chi connectivity index (χ1n) is 13.4. The molecule has 0 aliphatic carbocycles. The van der Waals surface area contributed by atoms with Gasteiger partial charge in [-0.1, -0.05) is 6.07 Å². The standard InChI is InChI=1S/C29H19BrF14N2O4/c1-2-49-11-10-46(24(48)14-6-8-16(9-7-14)50-29(42,43)44)20-5-3-4-17(21(20)31)23(47)45-22-18(26(33,34)35)12-15(13-19(22)30)25(32,27(36,37)38)28(39,40)41/h3-9,12-13H,2,10-11H2,1H3,(H,45,47). The topological polar surface area (TPSA) is 67.9 Å². The summed E-state index contributed by atoms with van der Waals surface area (Å²) in [6, 6.07) is 4.76. The number of carbonyl (C=O) groups excluding carboxylic acids is 2. The van der Waals surface area contributed by atoms with E-state index in [2.05, 4.69) is 20.7 Å². The van der Waals surface area contributed by atoms with Gasteiger partial charge in [-0.15, -0.1) is 13.2 Å². The van der Waals surface area contributed by atoms with Gasteiger partial charge in [-0.05, 0) is 71.4 Å². The van der Waals surface area contributed by atoms with Gasteiger partial charge >= 0.3 is 30.6 Å². The Morgan fingerprint density at radius 3 is 1.92 bits per heavy atom. The second-order valence-electron chi connectivity index (χ2n) is 9.85. The van der Waals surface area contributed by atoms with Gasteiger partial charge in [0.1, 0.15) is 5.75 Å². The fourth-order valence-corrected chi connectivity index (χ4v) is 4.87. The van der Waals surface area contributed by atoms with E-state index in [1.165, 1.54) is 5.32 Å². The summed E-state index contributed by atoms with van der Waals surface area (Å²) in [4.78, 5) is 27.1. The number of benzene rings is 3. The average molecular weight is 805 g/mol. The molecule has 0 atom stereocenters. The van der Waals surface area contributed by atoms with Crippen LogP contribution >= 0.6 is 15.9 Å². The number of hydrogen-bond acceptors (Lipinski definition) is 4. The number of nitrogens with one attached hydrogen (secondary N) is 1. The Balaban J connectivity index is 2.08. The lowest BCUT2D eigenvalue weighted by atomic mass is 9.92. The molecule has 0 aliphatic heterocycles. The molecule has 6 nitrogen and oxygen atoms in total. The summed E-state index contributed by atoms with van der Waals surface area (Å²) in [7, 11) is 0. The van der Waals surface area contributed by atoms with E-state index in [0.717, 1.165) is 36.4 Å². The Morgan fingerprint density at radius 1 is 0.840 bits per heavy atom. The second-order valence-corrected chi connectivity index (χ2v) is 10.7. The molecule has 0 fully saturated rings. The molecule has 3 rings (SSSR count). The molecule has 0 aliphatic rings. The molecule has 2 amide bonds. The van der Waals surface area contributed by atoms with Gasteiger partial charge < -0.3 is 19.7 Å². The minimum atomic E-state index is -6.79. The maximum absolute atomic E-state index is 15.9. The molecule has 50 heavy (non-hydrogen) atoms. The van der Waals surface area contributed by atoms with Crippen molar-refractivity contribution in [2.45, 2.75) is 37.5 Å². The van der Waals surface area contributed by atoms with Crippen molar-refractivity contribution < 1.29 is 80.5 Å². The number of carbonyl (C=O) groups is 2. The number of hydrogen-bond donors (Lipinski definition) is 1. The molecule has 3 aromatic rings. The maximum Gasteiger partial charge on any atom is 0.573 e. The first-order chi connectivity index (χ1) is 22.8. The molecule has 0 saturated heterocycles. The van der Waals surface area contributed by atoms with Crippen LogP contribution in [0.2, 0.25) is 0 Å². The third-order valence-electron chi connectivity index (χ3n) is 6.57. The van der Waals surface area contributed by atoms with E-state index in [1.54, 1.807) is 6.92 Å². The zero-order valence-electron chi connectivity index (χ0n) is 24.6. The largest absolute Gasteiger partial charge is 0.573 e. The Labute approximate surface area is 280 Å². The molecule has 21 heteroatoms. The summed E-state index contributed by atoms with van der Waals surface area (Å²) in [5.74, 6) is -5.12. The lowest BCUT2D eigenvalue weighted by molar-refractivity contribution is -0.348. The van der Waals surface area contributed by atoms with Gasteiger partial charge in [0.15, 0.2) is 5.82 Å². The van der Waals surface area contributed by atoms with Crippen LogP contribution in [0.15, 0.2) is 59.1 Å². The summed E-state index contributed by atoms with van der Waals surface area (Å²) in [6.45, 7) is 0.926. The van der Waals surface area contributed by atoms with Crippen LogP contribution in [0, 0.1) is 5.82 Å². The minimum absolute atomic E-state index is 0.0983. The van der Waals surface area contributed by atoms with Gasteiger partial charge in [0, 0.05) is 28.8 Å². The molecular formula is C29H19BrF14N2O4. The molecule has 0 aromatic heterocycles. The van der Waals surface area contributed by atoms with Crippen LogP contribution < -0.4 is 15.0 Å². The Morgan fingerprint density at radius 2 is 1.42 bits per heavy atom. The smallest absolute Gasteiger partial charge is 0.406 e. The van der Waals surface area contributed by atoms with E-state index in [1.807, 2.05) is 0 Å². The van der Waals surface area contributed by atoms with Gasteiger partial charge in [-0.25, -0.2) is 8.78 Å². The van der Waals surface area contributed by atoms with E-state index in [0.29, 0.717) is 11.0 Å². The van der Waals surface area contributed by atoms with E-state index in [4.69, 9.17) is 4.74 Å². The number of alkyl halides is 13. The molecular weight excluding hydrogens is 786 g/mol. The Hall–Kier alpha value is -4.14. The third kappa shape index (κ3) is 8.77. The highest BCUT2D eigenvalue weighted by molar-refractivity contribution is 9.10. The van der Waals surface area contributed by atoms with Crippen molar-refractivity contribution in [3.63, 3.8) is 0 Å². The normalized spacial score (nSPS) is 12.9. The average Bonchev–Trinajstić information content (AvgIpc) is 2.97. The van der Waals surface area contributed by atoms with Crippen LogP contribution in [0.3, 0.4) is 0 Å². The summed E-state index contributed by atoms with van der Waals surface area (Å²) in [5, 5.41) is 1.54. The van der Waals surface area contributed by atoms with Gasteiger partial charge in [-0.3, -0.25) is 9.59 Å². The summed E-state index contributed by atoms with van der Waals surface area (Å²) in [6.07, 6.45) is -24.5. The van der Waals surface area contributed by atoms with Crippen LogP contribution in [0.5, 0.6) is 5.75 Å². The summed E-state index contributed by atoms with van der Waals surface area (Å²) >= 11 is 2.33. The van der Waals surface area contributed by atoms with E-state index >= 15 is 4.39 Å². The minimum Gasteiger partial charge on any atom is -0.406 e. The van der Waals surface area contributed by atoms with Crippen molar-refractivity contribution in [2.24, 2.45) is 0 Å². The van der Waals surface area contributed by atoms with Crippen LogP contribution in [-0.2, 0) is 16.6 Å². The Kier molecular flexibility index (Phi) is 11.8. The third-order valence-corrected chi connectivity index (χ3v) is 7.20. The lowest BCUT2D eigenvalue weighted by Gasteiger charge is -2.31. The predicted octanol–water partition coefficient (Wildman–Crippen LogP) is 9.73. The number of halogens is 15. The van der Waals surface area contributed by atoms with Gasteiger partial charge in [0.25, 0.3) is 11.8 Å². The fourth-order valence-electron chi connectivity index (χ4n) is 4.32. The van der Waals surface area contributed by atoms with Crippen molar-refractivity contribution in [1.82, 2.24) is 0 Å². The maximum atomic E-state index is 15.9. The number of amides is 2. The van der Waals surface area contributed by atoms with E-state index in [9.17, 15) is 66.7 Å². The van der Waals surface area contributed by atoms with E-state index in [-0.39, 0.29) is 24.8 Å². The lowest BCUT2D eigenvalue weighted by Crippen LogP contribution is -2.50. The highest BCUT2D eigenvalue weighted by Crippen LogP contribution is 2.55. The van der Waals surface area contributed by atoms with Crippen LogP contribution in [0.25, 0.3) is 0 Å².